The van der Waals surface area contributed by atoms with Crippen molar-refractivity contribution in [1.29, 1.82) is 0 Å². The number of carboxylic acid groups (broad SMARTS) is 1. The number of benzene rings is 1. The van der Waals surface area contributed by atoms with E-state index < -0.39 is 5.97 Å². The van der Waals surface area contributed by atoms with Gasteiger partial charge in [-0.05, 0) is 18.1 Å². The van der Waals surface area contributed by atoms with Crippen LogP contribution in [-0.4, -0.2) is 40.7 Å². The first kappa shape index (κ1) is 15.7. The minimum absolute atomic E-state index is 0.0148. The predicted octanol–water partition coefficient (Wildman–Crippen LogP) is 2.65. The Bertz CT molecular complexity index is 604. The lowest BCUT2D eigenvalue weighted by Gasteiger charge is -2.08. The molecule has 0 aliphatic carbocycles. The standard InChI is InChI=1S/C13H15N3O3S2/c1-19-7-6-9-4-2-3-5-10(9)14-12-15-16-13(21-12)20-8-11(17)18/h2-5H,6-8H2,1H3,(H,14,15)(H,17,18). The van der Waals surface area contributed by atoms with Gasteiger partial charge in [0.05, 0.1) is 12.4 Å². The van der Waals surface area contributed by atoms with Crippen molar-refractivity contribution in [3.63, 3.8) is 0 Å². The first-order chi connectivity index (χ1) is 10.2. The van der Waals surface area contributed by atoms with E-state index in [1.54, 1.807) is 7.11 Å². The van der Waals surface area contributed by atoms with E-state index in [2.05, 4.69) is 15.5 Å². The van der Waals surface area contributed by atoms with Gasteiger partial charge in [-0.3, -0.25) is 4.79 Å². The summed E-state index contributed by atoms with van der Waals surface area (Å²) in [4.78, 5) is 10.5. The SMILES string of the molecule is COCCc1ccccc1Nc1nnc(SCC(=O)O)s1. The van der Waals surface area contributed by atoms with Crippen molar-refractivity contribution in [2.45, 2.75) is 10.8 Å². The molecule has 112 valence electrons. The Balaban J connectivity index is 2.02. The highest BCUT2D eigenvalue weighted by Gasteiger charge is 2.09. The summed E-state index contributed by atoms with van der Waals surface area (Å²) in [5.74, 6) is -0.881. The van der Waals surface area contributed by atoms with E-state index in [1.807, 2.05) is 24.3 Å². The van der Waals surface area contributed by atoms with E-state index in [0.717, 1.165) is 29.4 Å². The lowest BCUT2D eigenvalue weighted by atomic mass is 10.1. The third kappa shape index (κ3) is 5.00. The summed E-state index contributed by atoms with van der Waals surface area (Å²) >= 11 is 2.50. The molecule has 0 aliphatic rings. The molecule has 0 spiro atoms. The Morgan fingerprint density at radius 3 is 3.00 bits per heavy atom. The molecule has 2 aromatic rings. The molecule has 6 nitrogen and oxygen atoms in total. The van der Waals surface area contributed by atoms with E-state index in [-0.39, 0.29) is 5.75 Å². The molecule has 0 amide bonds. The van der Waals surface area contributed by atoms with Crippen LogP contribution in [0, 0.1) is 0 Å². The molecule has 8 heteroatoms. The summed E-state index contributed by atoms with van der Waals surface area (Å²) in [6.45, 7) is 0.647. The molecule has 1 heterocycles. The van der Waals surface area contributed by atoms with Crippen LogP contribution >= 0.6 is 23.1 Å². The lowest BCUT2D eigenvalue weighted by Crippen LogP contribution is -1.99. The highest BCUT2D eigenvalue weighted by Crippen LogP contribution is 2.28. The van der Waals surface area contributed by atoms with Crippen LogP contribution in [0.15, 0.2) is 28.6 Å². The van der Waals surface area contributed by atoms with Gasteiger partial charge < -0.3 is 15.2 Å². The number of hydrogen-bond acceptors (Lipinski definition) is 7. The highest BCUT2D eigenvalue weighted by atomic mass is 32.2. The van der Waals surface area contributed by atoms with Gasteiger partial charge in [0, 0.05) is 12.8 Å². The number of nitrogens with zero attached hydrogens (tertiary/aromatic N) is 2. The third-order valence-corrected chi connectivity index (χ3v) is 4.52. The smallest absolute Gasteiger partial charge is 0.313 e. The van der Waals surface area contributed by atoms with Crippen LogP contribution in [0.4, 0.5) is 10.8 Å². The summed E-state index contributed by atoms with van der Waals surface area (Å²) in [5, 5.41) is 20.5. The second kappa shape index (κ2) is 7.96. The van der Waals surface area contributed by atoms with Crippen molar-refractivity contribution in [1.82, 2.24) is 10.2 Å². The number of carboxylic acids is 1. The molecule has 1 aromatic carbocycles. The van der Waals surface area contributed by atoms with Crippen molar-refractivity contribution < 1.29 is 14.6 Å². The third-order valence-electron chi connectivity index (χ3n) is 2.56. The molecule has 0 saturated heterocycles. The van der Waals surface area contributed by atoms with Crippen LogP contribution in [0.1, 0.15) is 5.56 Å². The summed E-state index contributed by atoms with van der Waals surface area (Å²) in [7, 11) is 1.67. The number of nitrogens with one attached hydrogen (secondary N) is 1. The fraction of sp³-hybridized carbons (Fsp3) is 0.308. The molecular weight excluding hydrogens is 310 g/mol. The maximum Gasteiger partial charge on any atom is 0.313 e. The van der Waals surface area contributed by atoms with Crippen molar-refractivity contribution in [2.75, 3.05) is 24.8 Å². The normalized spacial score (nSPS) is 10.5. The maximum absolute atomic E-state index is 10.5. The van der Waals surface area contributed by atoms with Gasteiger partial charge >= 0.3 is 5.97 Å². The second-order valence-corrected chi connectivity index (χ2v) is 6.28. The number of methoxy groups -OCH3 is 1. The zero-order valence-electron chi connectivity index (χ0n) is 11.4. The minimum Gasteiger partial charge on any atom is -0.481 e. The van der Waals surface area contributed by atoms with Gasteiger partial charge in [-0.25, -0.2) is 0 Å². The van der Waals surface area contributed by atoms with E-state index >= 15 is 0 Å². The van der Waals surface area contributed by atoms with Gasteiger partial charge in [0.15, 0.2) is 4.34 Å². The molecule has 0 unspecified atom stereocenters. The van der Waals surface area contributed by atoms with Crippen LogP contribution in [0.25, 0.3) is 0 Å². The van der Waals surface area contributed by atoms with Gasteiger partial charge in [0.25, 0.3) is 0 Å². The molecule has 0 bridgehead atoms. The van der Waals surface area contributed by atoms with Crippen molar-refractivity contribution in [2.24, 2.45) is 0 Å². The Morgan fingerprint density at radius 1 is 1.43 bits per heavy atom. The minimum atomic E-state index is -0.866. The molecule has 21 heavy (non-hydrogen) atoms. The molecular formula is C13H15N3O3S2. The van der Waals surface area contributed by atoms with Crippen molar-refractivity contribution in [3.05, 3.63) is 29.8 Å². The van der Waals surface area contributed by atoms with Gasteiger partial charge in [-0.15, -0.1) is 10.2 Å². The average Bonchev–Trinajstić information content (AvgIpc) is 2.92. The average molecular weight is 325 g/mol. The lowest BCUT2D eigenvalue weighted by molar-refractivity contribution is -0.133. The first-order valence-electron chi connectivity index (χ1n) is 6.21. The Labute approximate surface area is 130 Å². The number of aromatic nitrogens is 2. The van der Waals surface area contributed by atoms with Crippen LogP contribution in [0.5, 0.6) is 0 Å². The largest absolute Gasteiger partial charge is 0.481 e. The number of carbonyl (C=O) groups is 1. The van der Waals surface area contributed by atoms with E-state index in [4.69, 9.17) is 9.84 Å². The highest BCUT2D eigenvalue weighted by molar-refractivity contribution is 8.01. The number of rotatable bonds is 8. The van der Waals surface area contributed by atoms with E-state index in [1.165, 1.54) is 11.3 Å². The van der Waals surface area contributed by atoms with Gasteiger partial charge in [-0.1, -0.05) is 41.3 Å². The molecule has 2 N–H and O–H groups in total. The van der Waals surface area contributed by atoms with Crippen molar-refractivity contribution in [3.8, 4) is 0 Å². The quantitative estimate of drug-likeness (QED) is 0.722. The van der Waals surface area contributed by atoms with Gasteiger partial charge in [0.2, 0.25) is 5.13 Å². The topological polar surface area (TPSA) is 84.3 Å². The molecule has 0 atom stereocenters. The number of aliphatic carboxylic acids is 1. The van der Waals surface area contributed by atoms with Gasteiger partial charge in [0.1, 0.15) is 0 Å². The second-order valence-electron chi connectivity index (χ2n) is 4.08. The zero-order valence-corrected chi connectivity index (χ0v) is 13.0. The van der Waals surface area contributed by atoms with Crippen molar-refractivity contribution >= 4 is 39.9 Å². The van der Waals surface area contributed by atoms with Crippen LogP contribution in [-0.2, 0) is 16.0 Å². The number of anilines is 2. The molecule has 0 radical (unpaired) electrons. The monoisotopic (exact) mass is 325 g/mol. The molecule has 2 rings (SSSR count). The Morgan fingerprint density at radius 2 is 2.24 bits per heavy atom. The number of para-hydroxylation sites is 1. The van der Waals surface area contributed by atoms with Gasteiger partial charge in [-0.2, -0.15) is 0 Å². The number of hydrogen-bond donors (Lipinski definition) is 2. The maximum atomic E-state index is 10.5. The van der Waals surface area contributed by atoms with Crippen LogP contribution < -0.4 is 5.32 Å². The summed E-state index contributed by atoms with van der Waals surface area (Å²) in [6, 6.07) is 7.92. The van der Waals surface area contributed by atoms with Crippen LogP contribution in [0.3, 0.4) is 0 Å². The van der Waals surface area contributed by atoms with Crippen LogP contribution in [0.2, 0.25) is 0 Å². The summed E-state index contributed by atoms with van der Waals surface area (Å²) in [5.41, 5.74) is 2.09. The molecule has 0 fully saturated rings. The Kier molecular flexibility index (Phi) is 5.97. The molecule has 0 aliphatic heterocycles. The zero-order chi connectivity index (χ0) is 15.1. The predicted molar refractivity (Wildman–Crippen MR) is 83.6 cm³/mol. The summed E-state index contributed by atoms with van der Waals surface area (Å²) < 4.78 is 5.73. The fourth-order valence-corrected chi connectivity index (χ4v) is 3.11. The number of ether oxygens (including phenoxy) is 1. The first-order valence-corrected chi connectivity index (χ1v) is 8.01. The van der Waals surface area contributed by atoms with E-state index in [9.17, 15) is 4.79 Å². The Hall–Kier alpha value is -1.64. The number of thioether (sulfide) groups is 1. The fourth-order valence-electron chi connectivity index (χ4n) is 1.63. The molecule has 0 saturated carbocycles. The molecule has 1 aromatic heterocycles. The van der Waals surface area contributed by atoms with E-state index in [0.29, 0.717) is 16.1 Å². The summed E-state index contributed by atoms with van der Waals surface area (Å²) in [6.07, 6.45) is 0.805.